The standard InChI is InChI=1S/C14H21N3OS.2ClH/c18-13(2-1-12-9-19-11-16-12)17-7-4-14(5-8-17)3-6-15-10-14;;/h9,11,15H,1-8,10H2;2*1H. The average Bonchev–Trinajstić information content (AvgIpc) is 3.09. The summed E-state index contributed by atoms with van der Waals surface area (Å²) in [7, 11) is 0. The Hall–Kier alpha value is -0.360. The van der Waals surface area contributed by atoms with Gasteiger partial charge in [0, 0.05) is 31.4 Å². The molecule has 0 unspecified atom stereocenters. The number of piperidine rings is 1. The summed E-state index contributed by atoms with van der Waals surface area (Å²) < 4.78 is 0. The molecule has 0 atom stereocenters. The molecule has 1 aromatic rings. The summed E-state index contributed by atoms with van der Waals surface area (Å²) in [6.45, 7) is 4.18. The van der Waals surface area contributed by atoms with Gasteiger partial charge >= 0.3 is 0 Å². The van der Waals surface area contributed by atoms with Crippen molar-refractivity contribution in [2.45, 2.75) is 32.1 Å². The van der Waals surface area contributed by atoms with Crippen molar-refractivity contribution in [2.24, 2.45) is 5.41 Å². The summed E-state index contributed by atoms with van der Waals surface area (Å²) in [5.74, 6) is 0.300. The number of nitrogens with one attached hydrogen (secondary N) is 1. The van der Waals surface area contributed by atoms with E-state index in [9.17, 15) is 4.79 Å². The number of carbonyl (C=O) groups excluding carboxylic acids is 1. The zero-order valence-electron chi connectivity index (χ0n) is 12.0. The van der Waals surface area contributed by atoms with Crippen molar-refractivity contribution in [3.05, 3.63) is 16.6 Å². The number of nitrogens with zero attached hydrogens (tertiary/aromatic N) is 2. The van der Waals surface area contributed by atoms with Crippen molar-refractivity contribution in [1.29, 1.82) is 0 Å². The molecule has 1 amide bonds. The van der Waals surface area contributed by atoms with Gasteiger partial charge in [-0.3, -0.25) is 4.79 Å². The molecule has 7 heteroatoms. The lowest BCUT2D eigenvalue weighted by Gasteiger charge is -2.39. The minimum absolute atomic E-state index is 0. The third-order valence-electron chi connectivity index (χ3n) is 4.59. The zero-order valence-corrected chi connectivity index (χ0v) is 14.5. The van der Waals surface area contributed by atoms with E-state index in [1.807, 2.05) is 10.9 Å². The second-order valence-electron chi connectivity index (χ2n) is 5.79. The lowest BCUT2D eigenvalue weighted by atomic mass is 9.78. The molecule has 2 aliphatic heterocycles. The van der Waals surface area contributed by atoms with Crippen molar-refractivity contribution >= 4 is 42.1 Å². The SMILES string of the molecule is Cl.Cl.O=C(CCc1cscn1)N1CCC2(CCNC2)CC1. The van der Waals surface area contributed by atoms with Gasteiger partial charge in [0.1, 0.15) is 0 Å². The van der Waals surface area contributed by atoms with Crippen LogP contribution >= 0.6 is 36.2 Å². The van der Waals surface area contributed by atoms with Gasteiger partial charge in [0.15, 0.2) is 0 Å². The molecule has 0 radical (unpaired) electrons. The predicted octanol–water partition coefficient (Wildman–Crippen LogP) is 2.52. The van der Waals surface area contributed by atoms with Crippen LogP contribution in [0, 0.1) is 5.41 Å². The number of hydrogen-bond donors (Lipinski definition) is 1. The Morgan fingerprint density at radius 3 is 2.67 bits per heavy atom. The third-order valence-corrected chi connectivity index (χ3v) is 5.22. The van der Waals surface area contributed by atoms with E-state index in [2.05, 4.69) is 15.2 Å². The Balaban J connectivity index is 0.00000110. The summed E-state index contributed by atoms with van der Waals surface area (Å²) in [5, 5.41) is 5.49. The van der Waals surface area contributed by atoms with Crippen molar-refractivity contribution in [3.8, 4) is 0 Å². The van der Waals surface area contributed by atoms with E-state index in [1.54, 1.807) is 11.3 Å². The molecule has 120 valence electrons. The van der Waals surface area contributed by atoms with Crippen LogP contribution in [0.3, 0.4) is 0 Å². The molecule has 1 N–H and O–H groups in total. The fourth-order valence-electron chi connectivity index (χ4n) is 3.21. The second kappa shape index (κ2) is 8.32. The summed E-state index contributed by atoms with van der Waals surface area (Å²) in [6.07, 6.45) is 5.01. The maximum absolute atomic E-state index is 12.2. The molecular weight excluding hydrogens is 329 g/mol. The Bertz CT molecular complexity index is 425. The molecule has 0 bridgehead atoms. The van der Waals surface area contributed by atoms with Gasteiger partial charge in [0.05, 0.1) is 11.2 Å². The van der Waals surface area contributed by atoms with E-state index in [0.29, 0.717) is 17.7 Å². The van der Waals surface area contributed by atoms with E-state index in [-0.39, 0.29) is 24.8 Å². The van der Waals surface area contributed by atoms with Crippen LogP contribution in [-0.2, 0) is 11.2 Å². The zero-order chi connectivity index (χ0) is 13.1. The number of halogens is 2. The van der Waals surface area contributed by atoms with E-state index in [4.69, 9.17) is 0 Å². The van der Waals surface area contributed by atoms with Gasteiger partial charge < -0.3 is 10.2 Å². The quantitative estimate of drug-likeness (QED) is 0.909. The number of hydrogen-bond acceptors (Lipinski definition) is 4. The van der Waals surface area contributed by atoms with E-state index in [0.717, 1.165) is 38.3 Å². The van der Waals surface area contributed by atoms with Gasteiger partial charge in [-0.15, -0.1) is 36.2 Å². The van der Waals surface area contributed by atoms with Gasteiger partial charge in [0.2, 0.25) is 5.91 Å². The van der Waals surface area contributed by atoms with Gasteiger partial charge in [-0.2, -0.15) is 0 Å². The topological polar surface area (TPSA) is 45.2 Å². The van der Waals surface area contributed by atoms with Crippen LogP contribution in [0.25, 0.3) is 0 Å². The minimum Gasteiger partial charge on any atom is -0.343 e. The molecule has 0 saturated carbocycles. The molecule has 3 rings (SSSR count). The number of aryl methyl sites for hydroxylation is 1. The van der Waals surface area contributed by atoms with Gasteiger partial charge in [0.25, 0.3) is 0 Å². The maximum atomic E-state index is 12.2. The Kier molecular flexibility index (Phi) is 7.40. The monoisotopic (exact) mass is 351 g/mol. The van der Waals surface area contributed by atoms with Crippen molar-refractivity contribution in [3.63, 3.8) is 0 Å². The first-order valence-electron chi connectivity index (χ1n) is 7.13. The summed E-state index contributed by atoms with van der Waals surface area (Å²) in [5.41, 5.74) is 3.37. The van der Waals surface area contributed by atoms with E-state index >= 15 is 0 Å². The molecular formula is C14H23Cl2N3OS. The van der Waals surface area contributed by atoms with E-state index < -0.39 is 0 Å². The molecule has 1 spiro atoms. The number of likely N-dealkylation sites (tertiary alicyclic amines) is 1. The first kappa shape index (κ1) is 18.7. The van der Waals surface area contributed by atoms with Crippen molar-refractivity contribution in [2.75, 3.05) is 26.2 Å². The number of amides is 1. The van der Waals surface area contributed by atoms with Crippen LogP contribution in [-0.4, -0.2) is 42.0 Å². The number of carbonyl (C=O) groups is 1. The highest BCUT2D eigenvalue weighted by molar-refractivity contribution is 7.07. The molecule has 2 fully saturated rings. The van der Waals surface area contributed by atoms with Crippen LogP contribution in [0.1, 0.15) is 31.4 Å². The maximum Gasteiger partial charge on any atom is 0.222 e. The van der Waals surface area contributed by atoms with Crippen LogP contribution in [0.2, 0.25) is 0 Å². The molecule has 21 heavy (non-hydrogen) atoms. The fraction of sp³-hybridized carbons (Fsp3) is 0.714. The Morgan fingerprint density at radius 1 is 1.33 bits per heavy atom. The smallest absolute Gasteiger partial charge is 0.222 e. The largest absolute Gasteiger partial charge is 0.343 e. The van der Waals surface area contributed by atoms with E-state index in [1.165, 1.54) is 19.3 Å². The molecule has 2 saturated heterocycles. The lowest BCUT2D eigenvalue weighted by Crippen LogP contribution is -2.44. The molecule has 2 aliphatic rings. The Morgan fingerprint density at radius 2 is 2.10 bits per heavy atom. The molecule has 1 aromatic heterocycles. The molecule has 4 nitrogen and oxygen atoms in total. The highest BCUT2D eigenvalue weighted by atomic mass is 35.5. The highest BCUT2D eigenvalue weighted by Crippen LogP contribution is 2.36. The van der Waals surface area contributed by atoms with Crippen molar-refractivity contribution < 1.29 is 4.79 Å². The second-order valence-corrected chi connectivity index (χ2v) is 6.51. The first-order valence-corrected chi connectivity index (χ1v) is 8.07. The number of aromatic nitrogens is 1. The highest BCUT2D eigenvalue weighted by Gasteiger charge is 2.37. The lowest BCUT2D eigenvalue weighted by molar-refractivity contribution is -0.133. The number of rotatable bonds is 3. The van der Waals surface area contributed by atoms with Gasteiger partial charge in [-0.05, 0) is 37.6 Å². The summed E-state index contributed by atoms with van der Waals surface area (Å²) in [4.78, 5) is 18.5. The predicted molar refractivity (Wildman–Crippen MR) is 90.7 cm³/mol. The number of thiazole rings is 1. The summed E-state index contributed by atoms with van der Waals surface area (Å²) in [6, 6.07) is 0. The van der Waals surface area contributed by atoms with Crippen LogP contribution in [0.15, 0.2) is 10.9 Å². The molecule has 3 heterocycles. The molecule has 0 aliphatic carbocycles. The van der Waals surface area contributed by atoms with Gasteiger partial charge in [-0.25, -0.2) is 4.98 Å². The van der Waals surface area contributed by atoms with Crippen molar-refractivity contribution in [1.82, 2.24) is 15.2 Å². The third kappa shape index (κ3) is 4.55. The normalized spacial score (nSPS) is 19.9. The van der Waals surface area contributed by atoms with Gasteiger partial charge in [-0.1, -0.05) is 0 Å². The fourth-order valence-corrected chi connectivity index (χ4v) is 3.80. The Labute approximate surface area is 142 Å². The molecule has 0 aromatic carbocycles. The van der Waals surface area contributed by atoms with Crippen LogP contribution in [0.5, 0.6) is 0 Å². The average molecular weight is 352 g/mol. The summed E-state index contributed by atoms with van der Waals surface area (Å²) >= 11 is 1.60. The minimum atomic E-state index is 0. The van der Waals surface area contributed by atoms with Crippen LogP contribution in [0.4, 0.5) is 0 Å². The first-order chi connectivity index (χ1) is 9.27. The van der Waals surface area contributed by atoms with Crippen LogP contribution < -0.4 is 5.32 Å².